The van der Waals surface area contributed by atoms with Gasteiger partial charge in [-0.25, -0.2) is 0 Å². The normalized spacial score (nSPS) is 10.3. The Kier molecular flexibility index (Phi) is 5.93. The number of benzene rings is 2. The number of nitrogens with one attached hydrogen (secondary N) is 1. The minimum atomic E-state index is -0.0569. The van der Waals surface area contributed by atoms with Crippen LogP contribution in [-0.2, 0) is 11.2 Å². The predicted molar refractivity (Wildman–Crippen MR) is 94.8 cm³/mol. The predicted octanol–water partition coefficient (Wildman–Crippen LogP) is 3.92. The molecule has 0 heterocycles. The van der Waals surface area contributed by atoms with Crippen LogP contribution in [0.1, 0.15) is 11.1 Å². The lowest BCUT2D eigenvalue weighted by atomic mass is 10.0. The number of anilines is 1. The Morgan fingerprint density at radius 2 is 1.83 bits per heavy atom. The van der Waals surface area contributed by atoms with Crippen molar-refractivity contribution in [3.8, 4) is 11.5 Å². The Balaban J connectivity index is 2.13. The molecule has 0 radical (unpaired) electrons. The van der Waals surface area contributed by atoms with Crippen molar-refractivity contribution in [3.63, 3.8) is 0 Å². The number of hydrogen-bond donors (Lipinski definition) is 1. The van der Waals surface area contributed by atoms with Crippen molar-refractivity contribution in [2.75, 3.05) is 25.8 Å². The van der Waals surface area contributed by atoms with Crippen LogP contribution in [0.5, 0.6) is 11.5 Å². The number of carbonyl (C=O) groups is 1. The Morgan fingerprint density at radius 1 is 1.13 bits per heavy atom. The molecule has 0 fully saturated rings. The van der Waals surface area contributed by atoms with Gasteiger partial charge >= 0.3 is 0 Å². The van der Waals surface area contributed by atoms with E-state index in [2.05, 4.69) is 5.32 Å². The molecule has 122 valence electrons. The van der Waals surface area contributed by atoms with Gasteiger partial charge in [-0.05, 0) is 54.6 Å². The van der Waals surface area contributed by atoms with Crippen LogP contribution in [-0.4, -0.2) is 26.4 Å². The van der Waals surface area contributed by atoms with Crippen LogP contribution < -0.4 is 14.8 Å². The molecule has 4 nitrogen and oxygen atoms in total. The molecule has 1 amide bonds. The molecule has 0 unspecified atom stereocenters. The molecule has 1 N–H and O–H groups in total. The van der Waals surface area contributed by atoms with E-state index in [4.69, 9.17) is 9.47 Å². The van der Waals surface area contributed by atoms with Crippen molar-refractivity contribution in [1.29, 1.82) is 0 Å². The second-order valence-electron chi connectivity index (χ2n) is 5.09. The molecule has 0 saturated heterocycles. The Bertz CT molecular complexity index is 701. The Morgan fingerprint density at radius 3 is 2.48 bits per heavy atom. The molecule has 0 aliphatic heterocycles. The molecular weight excluding hydrogens is 310 g/mol. The number of carbonyl (C=O) groups excluding carboxylic acids is 1. The van der Waals surface area contributed by atoms with E-state index in [9.17, 15) is 4.79 Å². The zero-order valence-corrected chi connectivity index (χ0v) is 14.6. The highest BCUT2D eigenvalue weighted by atomic mass is 32.2. The van der Waals surface area contributed by atoms with Gasteiger partial charge in [0.2, 0.25) is 5.91 Å². The van der Waals surface area contributed by atoms with Gasteiger partial charge in [-0.15, -0.1) is 11.8 Å². The Labute approximate surface area is 141 Å². The van der Waals surface area contributed by atoms with E-state index in [1.54, 1.807) is 26.0 Å². The van der Waals surface area contributed by atoms with Gasteiger partial charge in [0.1, 0.15) is 0 Å². The van der Waals surface area contributed by atoms with Crippen LogP contribution in [0, 0.1) is 6.92 Å². The molecule has 0 aromatic heterocycles. The fourth-order valence-corrected chi connectivity index (χ4v) is 2.75. The van der Waals surface area contributed by atoms with Crippen molar-refractivity contribution >= 4 is 23.4 Å². The average molecular weight is 331 g/mol. The lowest BCUT2D eigenvalue weighted by molar-refractivity contribution is -0.115. The van der Waals surface area contributed by atoms with E-state index in [1.165, 1.54) is 0 Å². The van der Waals surface area contributed by atoms with Crippen molar-refractivity contribution in [2.24, 2.45) is 0 Å². The second kappa shape index (κ2) is 7.92. The van der Waals surface area contributed by atoms with E-state index in [-0.39, 0.29) is 12.3 Å². The third-order valence-corrected chi connectivity index (χ3v) is 4.27. The second-order valence-corrected chi connectivity index (χ2v) is 5.97. The molecule has 2 aromatic carbocycles. The lowest BCUT2D eigenvalue weighted by Crippen LogP contribution is -2.15. The summed E-state index contributed by atoms with van der Waals surface area (Å²) in [5, 5.41) is 2.93. The largest absolute Gasteiger partial charge is 0.493 e. The smallest absolute Gasteiger partial charge is 0.228 e. The van der Waals surface area contributed by atoms with E-state index < -0.39 is 0 Å². The van der Waals surface area contributed by atoms with E-state index in [0.29, 0.717) is 11.5 Å². The summed E-state index contributed by atoms with van der Waals surface area (Å²) in [6.45, 7) is 1.96. The third-order valence-electron chi connectivity index (χ3n) is 3.55. The first-order valence-corrected chi connectivity index (χ1v) is 8.45. The average Bonchev–Trinajstić information content (AvgIpc) is 2.56. The number of hydrogen-bond acceptors (Lipinski definition) is 4. The van der Waals surface area contributed by atoms with Gasteiger partial charge in [-0.1, -0.05) is 6.07 Å². The fourth-order valence-electron chi connectivity index (χ4n) is 2.29. The van der Waals surface area contributed by atoms with E-state index in [1.807, 2.05) is 49.6 Å². The molecule has 5 heteroatoms. The molecular formula is C18H21NO3S. The van der Waals surface area contributed by atoms with Crippen LogP contribution in [0.15, 0.2) is 41.3 Å². The maximum Gasteiger partial charge on any atom is 0.228 e. The quantitative estimate of drug-likeness (QED) is 0.815. The highest BCUT2D eigenvalue weighted by Gasteiger charge is 2.12. The molecule has 23 heavy (non-hydrogen) atoms. The zero-order chi connectivity index (χ0) is 16.8. The van der Waals surface area contributed by atoms with Crippen LogP contribution in [0.2, 0.25) is 0 Å². The van der Waals surface area contributed by atoms with Crippen LogP contribution in [0.3, 0.4) is 0 Å². The van der Waals surface area contributed by atoms with Gasteiger partial charge < -0.3 is 14.8 Å². The van der Waals surface area contributed by atoms with E-state index >= 15 is 0 Å². The molecule has 0 saturated carbocycles. The molecule has 0 spiro atoms. The molecule has 2 rings (SSSR count). The molecule has 0 aliphatic rings. The third kappa shape index (κ3) is 4.42. The Hall–Kier alpha value is -2.14. The summed E-state index contributed by atoms with van der Waals surface area (Å²) in [7, 11) is 3.19. The van der Waals surface area contributed by atoms with Gasteiger partial charge in [0.25, 0.3) is 0 Å². The number of thioether (sulfide) groups is 1. The van der Waals surface area contributed by atoms with Gasteiger partial charge in [0.15, 0.2) is 11.5 Å². The summed E-state index contributed by atoms with van der Waals surface area (Å²) in [6.07, 6.45) is 2.30. The molecule has 0 atom stereocenters. The minimum Gasteiger partial charge on any atom is -0.493 e. The summed E-state index contributed by atoms with van der Waals surface area (Å²) in [6, 6.07) is 11.5. The number of rotatable bonds is 6. The van der Waals surface area contributed by atoms with Gasteiger partial charge in [-0.3, -0.25) is 4.79 Å². The van der Waals surface area contributed by atoms with Gasteiger partial charge in [0, 0.05) is 10.6 Å². The summed E-state index contributed by atoms with van der Waals surface area (Å²) in [5.41, 5.74) is 2.72. The first-order chi connectivity index (χ1) is 11.1. The molecule has 0 bridgehead atoms. The summed E-state index contributed by atoms with van der Waals surface area (Å²) >= 11 is 1.64. The maximum absolute atomic E-state index is 12.3. The number of ether oxygens (including phenoxy) is 2. The van der Waals surface area contributed by atoms with Crippen LogP contribution >= 0.6 is 11.8 Å². The zero-order valence-electron chi connectivity index (χ0n) is 13.8. The van der Waals surface area contributed by atoms with Crippen LogP contribution in [0.4, 0.5) is 5.69 Å². The minimum absolute atomic E-state index is 0.0569. The molecule has 0 aliphatic carbocycles. The SMILES string of the molecule is COc1cc(C)c(CC(=O)Nc2cccc(SC)c2)cc1OC. The highest BCUT2D eigenvalue weighted by Crippen LogP contribution is 2.30. The first kappa shape index (κ1) is 17.2. The number of amides is 1. The highest BCUT2D eigenvalue weighted by molar-refractivity contribution is 7.98. The van der Waals surface area contributed by atoms with Gasteiger partial charge in [-0.2, -0.15) is 0 Å². The summed E-state index contributed by atoms with van der Waals surface area (Å²) < 4.78 is 10.6. The standard InChI is InChI=1S/C18H21NO3S/c1-12-8-16(21-2)17(22-3)9-13(12)10-18(20)19-14-6-5-7-15(11-14)23-4/h5-9,11H,10H2,1-4H3,(H,19,20). The van der Waals surface area contributed by atoms with E-state index in [0.717, 1.165) is 21.7 Å². The summed E-state index contributed by atoms with van der Waals surface area (Å²) in [5.74, 6) is 1.24. The number of aryl methyl sites for hydroxylation is 1. The fraction of sp³-hybridized carbons (Fsp3) is 0.278. The van der Waals surface area contributed by atoms with Gasteiger partial charge in [0.05, 0.1) is 20.6 Å². The molecule has 2 aromatic rings. The monoisotopic (exact) mass is 331 g/mol. The van der Waals surface area contributed by atoms with Crippen molar-refractivity contribution in [3.05, 3.63) is 47.5 Å². The number of methoxy groups -OCH3 is 2. The van der Waals surface area contributed by atoms with Crippen molar-refractivity contribution in [1.82, 2.24) is 0 Å². The first-order valence-electron chi connectivity index (χ1n) is 7.22. The van der Waals surface area contributed by atoms with Crippen molar-refractivity contribution < 1.29 is 14.3 Å². The maximum atomic E-state index is 12.3. The summed E-state index contributed by atoms with van der Waals surface area (Å²) in [4.78, 5) is 13.4. The van der Waals surface area contributed by atoms with Crippen LogP contribution in [0.25, 0.3) is 0 Å². The lowest BCUT2D eigenvalue weighted by Gasteiger charge is -2.13. The topological polar surface area (TPSA) is 47.6 Å². The van der Waals surface area contributed by atoms with Crippen molar-refractivity contribution in [2.45, 2.75) is 18.2 Å².